The van der Waals surface area contributed by atoms with Crippen LogP contribution in [-0.2, 0) is 9.53 Å². The maximum atomic E-state index is 12.4. The highest BCUT2D eigenvalue weighted by molar-refractivity contribution is 5.78. The summed E-state index contributed by atoms with van der Waals surface area (Å²) in [5.41, 5.74) is 2.59. The largest absolute Gasteiger partial charge is 0.381 e. The molecule has 1 aromatic carbocycles. The number of anilines is 1. The highest BCUT2D eigenvalue weighted by atomic mass is 16.5. The molecular weight excluding hydrogens is 300 g/mol. The van der Waals surface area contributed by atoms with Crippen LogP contribution in [0.5, 0.6) is 0 Å². The lowest BCUT2D eigenvalue weighted by atomic mass is 9.86. The van der Waals surface area contributed by atoms with Gasteiger partial charge in [-0.25, -0.2) is 0 Å². The smallest absolute Gasteiger partial charge is 0.223 e. The fourth-order valence-corrected chi connectivity index (χ4v) is 3.94. The third-order valence-corrected chi connectivity index (χ3v) is 5.63. The summed E-state index contributed by atoms with van der Waals surface area (Å²) >= 11 is 0. The number of hydrogen-bond acceptors (Lipinski definition) is 3. The number of benzene rings is 1. The molecule has 1 saturated carbocycles. The second-order valence-electron chi connectivity index (χ2n) is 7.39. The van der Waals surface area contributed by atoms with Gasteiger partial charge in [-0.3, -0.25) is 4.79 Å². The van der Waals surface area contributed by atoms with Crippen LogP contribution in [0.3, 0.4) is 0 Å². The van der Waals surface area contributed by atoms with Crippen LogP contribution in [0.1, 0.15) is 37.7 Å². The summed E-state index contributed by atoms with van der Waals surface area (Å²) in [6.07, 6.45) is 5.46. The quantitative estimate of drug-likeness (QED) is 0.902. The topological polar surface area (TPSA) is 41.6 Å². The van der Waals surface area contributed by atoms with Crippen LogP contribution in [-0.4, -0.2) is 38.8 Å². The molecular formula is C20H30N2O2. The van der Waals surface area contributed by atoms with Crippen molar-refractivity contribution >= 4 is 11.6 Å². The first kappa shape index (κ1) is 17.3. The van der Waals surface area contributed by atoms with E-state index in [1.807, 2.05) is 0 Å². The van der Waals surface area contributed by atoms with Crippen molar-refractivity contribution in [3.8, 4) is 0 Å². The highest BCUT2D eigenvalue weighted by Crippen LogP contribution is 2.27. The SMILES string of the molecule is COC1CCC(C(=O)NC[C@H]2CCN(c3ccc(C)cc3)C2)CC1. The second kappa shape index (κ2) is 8.02. The molecule has 1 aliphatic heterocycles. The number of nitrogens with one attached hydrogen (secondary N) is 1. The molecule has 1 saturated heterocycles. The van der Waals surface area contributed by atoms with Crippen molar-refractivity contribution in [1.29, 1.82) is 0 Å². The Bertz CT molecular complexity index is 535. The van der Waals surface area contributed by atoms with E-state index < -0.39 is 0 Å². The van der Waals surface area contributed by atoms with Gasteiger partial charge in [0.05, 0.1) is 6.10 Å². The lowest BCUT2D eigenvalue weighted by molar-refractivity contribution is -0.126. The van der Waals surface area contributed by atoms with Crippen molar-refractivity contribution in [2.75, 3.05) is 31.6 Å². The molecule has 1 heterocycles. The Balaban J connectivity index is 1.41. The molecule has 24 heavy (non-hydrogen) atoms. The van der Waals surface area contributed by atoms with Crippen molar-refractivity contribution in [2.45, 2.75) is 45.1 Å². The summed E-state index contributed by atoms with van der Waals surface area (Å²) in [6.45, 7) is 5.06. The number of nitrogens with zero attached hydrogens (tertiary/aromatic N) is 1. The normalized spacial score (nSPS) is 27.2. The predicted octanol–water partition coefficient (Wildman–Crippen LogP) is 3.14. The van der Waals surface area contributed by atoms with Gasteiger partial charge in [0.1, 0.15) is 0 Å². The van der Waals surface area contributed by atoms with Crippen molar-refractivity contribution in [2.24, 2.45) is 11.8 Å². The van der Waals surface area contributed by atoms with E-state index in [2.05, 4.69) is 41.4 Å². The van der Waals surface area contributed by atoms with Crippen LogP contribution in [0.2, 0.25) is 0 Å². The number of ether oxygens (including phenoxy) is 1. The van der Waals surface area contributed by atoms with Gasteiger partial charge in [-0.05, 0) is 57.1 Å². The van der Waals surface area contributed by atoms with Gasteiger partial charge in [-0.2, -0.15) is 0 Å². The Hall–Kier alpha value is -1.55. The minimum atomic E-state index is 0.186. The highest BCUT2D eigenvalue weighted by Gasteiger charge is 2.28. The average Bonchev–Trinajstić information content (AvgIpc) is 3.09. The van der Waals surface area contributed by atoms with Crippen LogP contribution in [0.25, 0.3) is 0 Å². The number of amides is 1. The Morgan fingerprint density at radius 2 is 1.88 bits per heavy atom. The van der Waals surface area contributed by atoms with Gasteiger partial charge in [0, 0.05) is 38.3 Å². The van der Waals surface area contributed by atoms with Gasteiger partial charge in [0.15, 0.2) is 0 Å². The van der Waals surface area contributed by atoms with E-state index in [9.17, 15) is 4.79 Å². The van der Waals surface area contributed by atoms with E-state index in [0.29, 0.717) is 12.0 Å². The minimum absolute atomic E-state index is 0.186. The summed E-state index contributed by atoms with van der Waals surface area (Å²) in [7, 11) is 1.77. The Morgan fingerprint density at radius 1 is 1.17 bits per heavy atom. The van der Waals surface area contributed by atoms with E-state index >= 15 is 0 Å². The predicted molar refractivity (Wildman–Crippen MR) is 97.3 cm³/mol. The van der Waals surface area contributed by atoms with E-state index in [1.54, 1.807) is 7.11 Å². The monoisotopic (exact) mass is 330 g/mol. The first-order valence-corrected chi connectivity index (χ1v) is 9.28. The zero-order chi connectivity index (χ0) is 16.9. The summed E-state index contributed by atoms with van der Waals surface area (Å²) in [4.78, 5) is 14.8. The maximum absolute atomic E-state index is 12.4. The Kier molecular flexibility index (Phi) is 5.77. The average molecular weight is 330 g/mol. The third kappa shape index (κ3) is 4.29. The number of aryl methyl sites for hydroxylation is 1. The number of methoxy groups -OCH3 is 1. The Morgan fingerprint density at radius 3 is 2.54 bits per heavy atom. The first-order valence-electron chi connectivity index (χ1n) is 9.28. The van der Waals surface area contributed by atoms with Crippen LogP contribution in [0, 0.1) is 18.8 Å². The van der Waals surface area contributed by atoms with Crippen LogP contribution >= 0.6 is 0 Å². The summed E-state index contributed by atoms with van der Waals surface area (Å²) in [5.74, 6) is 0.995. The molecule has 0 aromatic heterocycles. The van der Waals surface area contributed by atoms with Crippen LogP contribution < -0.4 is 10.2 Å². The number of rotatable bonds is 5. The fraction of sp³-hybridized carbons (Fsp3) is 0.650. The van der Waals surface area contributed by atoms with Crippen molar-refractivity contribution in [3.63, 3.8) is 0 Å². The van der Waals surface area contributed by atoms with Gasteiger partial charge in [0.25, 0.3) is 0 Å². The van der Waals surface area contributed by atoms with Gasteiger partial charge < -0.3 is 15.0 Å². The third-order valence-electron chi connectivity index (χ3n) is 5.63. The molecule has 4 heteroatoms. The van der Waals surface area contributed by atoms with Crippen molar-refractivity contribution < 1.29 is 9.53 Å². The number of carbonyl (C=O) groups excluding carboxylic acids is 1. The van der Waals surface area contributed by atoms with E-state index in [-0.39, 0.29) is 11.8 Å². The molecule has 132 valence electrons. The van der Waals surface area contributed by atoms with E-state index in [0.717, 1.165) is 51.7 Å². The Labute approximate surface area is 145 Å². The molecule has 0 unspecified atom stereocenters. The van der Waals surface area contributed by atoms with E-state index in [4.69, 9.17) is 4.74 Å². The summed E-state index contributed by atoms with van der Waals surface area (Å²) in [6, 6.07) is 8.73. The molecule has 0 bridgehead atoms. The minimum Gasteiger partial charge on any atom is -0.381 e. The van der Waals surface area contributed by atoms with Crippen LogP contribution in [0.15, 0.2) is 24.3 Å². The zero-order valence-electron chi connectivity index (χ0n) is 15.0. The molecule has 4 nitrogen and oxygen atoms in total. The second-order valence-corrected chi connectivity index (χ2v) is 7.39. The van der Waals surface area contributed by atoms with Gasteiger partial charge >= 0.3 is 0 Å². The molecule has 0 spiro atoms. The van der Waals surface area contributed by atoms with Gasteiger partial charge in [-0.1, -0.05) is 17.7 Å². The molecule has 2 aliphatic rings. The lowest BCUT2D eigenvalue weighted by Gasteiger charge is -2.27. The number of carbonyl (C=O) groups is 1. The van der Waals surface area contributed by atoms with E-state index in [1.165, 1.54) is 11.3 Å². The summed E-state index contributed by atoms with van der Waals surface area (Å²) in [5, 5.41) is 3.20. The molecule has 1 amide bonds. The zero-order valence-corrected chi connectivity index (χ0v) is 15.0. The maximum Gasteiger partial charge on any atom is 0.223 e. The molecule has 1 aromatic rings. The van der Waals surface area contributed by atoms with Gasteiger partial charge in [-0.15, -0.1) is 0 Å². The van der Waals surface area contributed by atoms with Crippen molar-refractivity contribution in [3.05, 3.63) is 29.8 Å². The molecule has 3 rings (SSSR count). The molecule has 1 atom stereocenters. The first-order chi connectivity index (χ1) is 11.7. The number of hydrogen-bond donors (Lipinski definition) is 1. The molecule has 1 aliphatic carbocycles. The molecule has 1 N–H and O–H groups in total. The van der Waals surface area contributed by atoms with Gasteiger partial charge in [0.2, 0.25) is 5.91 Å². The van der Waals surface area contributed by atoms with Crippen LogP contribution in [0.4, 0.5) is 5.69 Å². The summed E-state index contributed by atoms with van der Waals surface area (Å²) < 4.78 is 5.38. The van der Waals surface area contributed by atoms with Crippen molar-refractivity contribution in [1.82, 2.24) is 5.32 Å². The molecule has 2 fully saturated rings. The molecule has 0 radical (unpaired) electrons. The fourth-order valence-electron chi connectivity index (χ4n) is 3.94. The standard InChI is InChI=1S/C20H30N2O2/c1-15-3-7-18(8-4-15)22-12-11-16(14-22)13-21-20(23)17-5-9-19(24-2)10-6-17/h3-4,7-8,16-17,19H,5-6,9-14H2,1-2H3,(H,21,23)/t16-,17?,19?/m1/s1. The lowest BCUT2D eigenvalue weighted by Crippen LogP contribution is -2.37.